The molecule has 5 heteroatoms. The number of nitrogens with one attached hydrogen (secondary N) is 1. The maximum atomic E-state index is 5.77. The number of hydrogen-bond donors (Lipinski definition) is 2. The van der Waals surface area contributed by atoms with Crippen molar-refractivity contribution in [2.24, 2.45) is 0 Å². The Hall–Kier alpha value is -2.30. The van der Waals surface area contributed by atoms with Gasteiger partial charge < -0.3 is 15.8 Å². The summed E-state index contributed by atoms with van der Waals surface area (Å²) in [4.78, 5) is 8.13. The Morgan fingerprint density at radius 2 is 2.11 bits per heavy atom. The molecule has 0 atom stereocenters. The minimum absolute atomic E-state index is 0.525. The third kappa shape index (κ3) is 3.35. The maximum Gasteiger partial charge on any atom is 0.142 e. The van der Waals surface area contributed by atoms with E-state index in [1.165, 1.54) is 6.33 Å². The lowest BCUT2D eigenvalue weighted by molar-refractivity contribution is 0.334. The van der Waals surface area contributed by atoms with E-state index >= 15 is 0 Å². The first kappa shape index (κ1) is 12.2. The van der Waals surface area contributed by atoms with Crippen molar-refractivity contribution in [1.29, 1.82) is 0 Å². The van der Waals surface area contributed by atoms with Crippen LogP contribution in [0, 0.1) is 6.92 Å². The van der Waals surface area contributed by atoms with Crippen molar-refractivity contribution in [3.05, 3.63) is 42.4 Å². The number of aromatic nitrogens is 2. The van der Waals surface area contributed by atoms with Gasteiger partial charge in [-0.15, -0.1) is 0 Å². The predicted molar refractivity (Wildman–Crippen MR) is 71.6 cm³/mol. The quantitative estimate of drug-likeness (QED) is 0.620. The van der Waals surface area contributed by atoms with Crippen LogP contribution >= 0.6 is 0 Å². The lowest BCUT2D eigenvalue weighted by Crippen LogP contribution is -2.13. The first-order valence-corrected chi connectivity index (χ1v) is 5.75. The van der Waals surface area contributed by atoms with Crippen LogP contribution in [0.15, 0.2) is 36.7 Å². The number of nitrogens with two attached hydrogens (primary N) is 1. The molecule has 1 heterocycles. The maximum absolute atomic E-state index is 5.77. The number of nitrogen functional groups attached to an aromatic ring is 1. The number of hydrogen-bond acceptors (Lipinski definition) is 5. The summed E-state index contributed by atoms with van der Waals surface area (Å²) >= 11 is 0. The highest BCUT2D eigenvalue weighted by Crippen LogP contribution is 2.19. The van der Waals surface area contributed by atoms with E-state index < -0.39 is 0 Å². The van der Waals surface area contributed by atoms with E-state index in [0.717, 1.165) is 11.5 Å². The Labute approximate surface area is 106 Å². The van der Waals surface area contributed by atoms with Crippen LogP contribution in [-0.2, 0) is 0 Å². The van der Waals surface area contributed by atoms with E-state index in [0.29, 0.717) is 24.6 Å². The summed E-state index contributed by atoms with van der Waals surface area (Å²) in [5.74, 6) is 1.50. The summed E-state index contributed by atoms with van der Waals surface area (Å²) in [6.45, 7) is 3.11. The van der Waals surface area contributed by atoms with Gasteiger partial charge in [0.1, 0.15) is 24.5 Å². The summed E-state index contributed by atoms with van der Waals surface area (Å²) in [7, 11) is 0. The van der Waals surface area contributed by atoms with Crippen molar-refractivity contribution in [1.82, 2.24) is 9.97 Å². The van der Waals surface area contributed by atoms with E-state index in [-0.39, 0.29) is 0 Å². The number of aryl methyl sites for hydroxylation is 1. The third-order valence-electron chi connectivity index (χ3n) is 2.39. The highest BCUT2D eigenvalue weighted by Gasteiger charge is 1.98. The normalized spacial score (nSPS) is 10.1. The molecule has 0 saturated heterocycles. The van der Waals surface area contributed by atoms with Gasteiger partial charge in [-0.3, -0.25) is 0 Å². The topological polar surface area (TPSA) is 73.1 Å². The van der Waals surface area contributed by atoms with Crippen molar-refractivity contribution in [3.8, 4) is 5.75 Å². The predicted octanol–water partition coefficient (Wildman–Crippen LogP) is 1.86. The van der Waals surface area contributed by atoms with Crippen LogP contribution in [0.3, 0.4) is 0 Å². The molecule has 0 spiro atoms. The van der Waals surface area contributed by atoms with Crippen molar-refractivity contribution in [2.75, 3.05) is 24.2 Å². The van der Waals surface area contributed by atoms with Crippen LogP contribution in [0.25, 0.3) is 0 Å². The van der Waals surface area contributed by atoms with Crippen molar-refractivity contribution in [3.63, 3.8) is 0 Å². The van der Waals surface area contributed by atoms with Gasteiger partial charge in [0.2, 0.25) is 0 Å². The van der Waals surface area contributed by atoms with Gasteiger partial charge in [-0.1, -0.05) is 12.1 Å². The molecule has 0 saturated carbocycles. The summed E-state index contributed by atoms with van der Waals surface area (Å²) in [5, 5.41) is 3.16. The van der Waals surface area contributed by atoms with Crippen LogP contribution in [0.1, 0.15) is 5.69 Å². The average Bonchev–Trinajstić information content (AvgIpc) is 2.37. The monoisotopic (exact) mass is 244 g/mol. The smallest absolute Gasteiger partial charge is 0.142 e. The lowest BCUT2D eigenvalue weighted by atomic mass is 10.3. The molecule has 3 N–H and O–H groups in total. The van der Waals surface area contributed by atoms with Gasteiger partial charge in [-0.25, -0.2) is 9.97 Å². The SMILES string of the molecule is Cc1cc(NCCOc2ccccc2N)ncn1. The van der Waals surface area contributed by atoms with E-state index in [4.69, 9.17) is 10.5 Å². The number of anilines is 2. The summed E-state index contributed by atoms with van der Waals surface area (Å²) in [6.07, 6.45) is 1.54. The van der Waals surface area contributed by atoms with Crippen LogP contribution in [0.2, 0.25) is 0 Å². The van der Waals surface area contributed by atoms with Crippen molar-refractivity contribution < 1.29 is 4.74 Å². The minimum atomic E-state index is 0.525. The molecule has 18 heavy (non-hydrogen) atoms. The standard InChI is InChI=1S/C13H16N4O/c1-10-8-13(17-9-16-10)15-6-7-18-12-5-3-2-4-11(12)14/h2-5,8-9H,6-7,14H2,1H3,(H,15,16,17). The highest BCUT2D eigenvalue weighted by molar-refractivity contribution is 5.51. The zero-order chi connectivity index (χ0) is 12.8. The van der Waals surface area contributed by atoms with Gasteiger partial charge in [0, 0.05) is 11.8 Å². The Kier molecular flexibility index (Phi) is 3.96. The Morgan fingerprint density at radius 3 is 2.89 bits per heavy atom. The largest absolute Gasteiger partial charge is 0.490 e. The molecule has 0 bridgehead atoms. The fraction of sp³-hybridized carbons (Fsp3) is 0.231. The first-order chi connectivity index (χ1) is 8.75. The van der Waals surface area contributed by atoms with Gasteiger partial charge in [0.25, 0.3) is 0 Å². The molecule has 2 aromatic rings. The zero-order valence-electron chi connectivity index (χ0n) is 10.3. The highest BCUT2D eigenvalue weighted by atomic mass is 16.5. The molecule has 2 rings (SSSR count). The van der Waals surface area contributed by atoms with E-state index in [1.807, 2.05) is 37.3 Å². The summed E-state index contributed by atoms with van der Waals surface area (Å²) < 4.78 is 5.56. The number of ether oxygens (including phenoxy) is 1. The first-order valence-electron chi connectivity index (χ1n) is 5.75. The second-order valence-electron chi connectivity index (χ2n) is 3.86. The molecule has 1 aromatic heterocycles. The van der Waals surface area contributed by atoms with Crippen molar-refractivity contribution in [2.45, 2.75) is 6.92 Å². The molecule has 0 aliphatic heterocycles. The van der Waals surface area contributed by atoms with E-state index in [2.05, 4.69) is 15.3 Å². The van der Waals surface area contributed by atoms with Gasteiger partial charge in [-0.2, -0.15) is 0 Å². The average molecular weight is 244 g/mol. The van der Waals surface area contributed by atoms with Crippen LogP contribution in [0.4, 0.5) is 11.5 Å². The molecule has 94 valence electrons. The molecular formula is C13H16N4O. The lowest BCUT2D eigenvalue weighted by Gasteiger charge is -2.09. The molecule has 0 radical (unpaired) electrons. The zero-order valence-corrected chi connectivity index (χ0v) is 10.3. The fourth-order valence-electron chi connectivity index (χ4n) is 1.50. The van der Waals surface area contributed by atoms with E-state index in [9.17, 15) is 0 Å². The fourth-order valence-corrected chi connectivity index (χ4v) is 1.50. The molecule has 1 aromatic carbocycles. The van der Waals surface area contributed by atoms with Gasteiger partial charge in [0.05, 0.1) is 12.2 Å². The second kappa shape index (κ2) is 5.86. The molecular weight excluding hydrogens is 228 g/mol. The van der Waals surface area contributed by atoms with Gasteiger partial charge >= 0.3 is 0 Å². The third-order valence-corrected chi connectivity index (χ3v) is 2.39. The number of para-hydroxylation sites is 2. The Bertz CT molecular complexity index is 516. The Balaban J connectivity index is 1.78. The van der Waals surface area contributed by atoms with Crippen LogP contribution < -0.4 is 15.8 Å². The molecule has 0 unspecified atom stereocenters. The molecule has 0 amide bonds. The molecule has 0 fully saturated rings. The van der Waals surface area contributed by atoms with Gasteiger partial charge in [-0.05, 0) is 19.1 Å². The number of nitrogens with zero attached hydrogens (tertiary/aromatic N) is 2. The van der Waals surface area contributed by atoms with Gasteiger partial charge in [0.15, 0.2) is 0 Å². The summed E-state index contributed by atoms with van der Waals surface area (Å²) in [6, 6.07) is 9.33. The second-order valence-corrected chi connectivity index (χ2v) is 3.86. The van der Waals surface area contributed by atoms with Crippen LogP contribution in [0.5, 0.6) is 5.75 Å². The van der Waals surface area contributed by atoms with E-state index in [1.54, 1.807) is 0 Å². The molecule has 0 aliphatic carbocycles. The van der Waals surface area contributed by atoms with Crippen molar-refractivity contribution >= 4 is 11.5 Å². The number of benzene rings is 1. The molecule has 5 nitrogen and oxygen atoms in total. The number of rotatable bonds is 5. The summed E-state index contributed by atoms with van der Waals surface area (Å²) in [5.41, 5.74) is 7.35. The minimum Gasteiger partial charge on any atom is -0.490 e. The van der Waals surface area contributed by atoms with Crippen LogP contribution in [-0.4, -0.2) is 23.1 Å². The Morgan fingerprint density at radius 1 is 1.28 bits per heavy atom. The molecule has 0 aliphatic rings.